The van der Waals surface area contributed by atoms with Gasteiger partial charge in [0.2, 0.25) is 0 Å². The number of rotatable bonds is 20. The predicted molar refractivity (Wildman–Crippen MR) is 202 cm³/mol. The van der Waals surface area contributed by atoms with E-state index in [1.165, 1.54) is 5.56 Å². The second kappa shape index (κ2) is 20.8. The van der Waals surface area contributed by atoms with E-state index in [2.05, 4.69) is 65.6 Å². The molecule has 0 radical (unpaired) electrons. The summed E-state index contributed by atoms with van der Waals surface area (Å²) in [5.74, 6) is 1.11. The molecule has 7 nitrogen and oxygen atoms in total. The lowest BCUT2D eigenvalue weighted by molar-refractivity contribution is -0.341. The van der Waals surface area contributed by atoms with E-state index in [4.69, 9.17) is 47.0 Å². The maximum absolute atomic E-state index is 6.77. The molecule has 268 valence electrons. The molecule has 50 heavy (non-hydrogen) atoms. The number of hydroxylamine groups is 2. The summed E-state index contributed by atoms with van der Waals surface area (Å²) < 4.78 is 26.9. The van der Waals surface area contributed by atoms with Crippen LogP contribution in [0, 0.1) is 0 Å². The molecule has 1 heterocycles. The summed E-state index contributed by atoms with van der Waals surface area (Å²) in [4.78, 5) is 8.25. The van der Waals surface area contributed by atoms with Gasteiger partial charge in [0.1, 0.15) is 18.3 Å². The van der Waals surface area contributed by atoms with Gasteiger partial charge in [-0.2, -0.15) is 5.06 Å². The van der Waals surface area contributed by atoms with Crippen molar-refractivity contribution in [2.45, 2.75) is 70.2 Å². The molecule has 5 atom stereocenters. The second-order valence-corrected chi connectivity index (χ2v) is 13.2. The molecule has 1 saturated heterocycles. The number of anilines is 1. The van der Waals surface area contributed by atoms with E-state index >= 15 is 0 Å². The van der Waals surface area contributed by atoms with E-state index in [9.17, 15) is 0 Å². The third-order valence-corrected chi connectivity index (χ3v) is 9.31. The Morgan fingerprint density at radius 3 is 1.54 bits per heavy atom. The molecule has 1 fully saturated rings. The van der Waals surface area contributed by atoms with Gasteiger partial charge in [0, 0.05) is 37.1 Å². The molecule has 1 aliphatic rings. The molecule has 1 aliphatic heterocycles. The molecule has 0 bridgehead atoms. The number of nitrogens with zero attached hydrogens (tertiary/aromatic N) is 2. The summed E-state index contributed by atoms with van der Waals surface area (Å²) >= 11 is 12.1. The fourth-order valence-corrected chi connectivity index (χ4v) is 6.74. The van der Waals surface area contributed by atoms with Gasteiger partial charge in [0.25, 0.3) is 0 Å². The minimum absolute atomic E-state index is 0.296. The Morgan fingerprint density at radius 2 is 1.06 bits per heavy atom. The summed E-state index contributed by atoms with van der Waals surface area (Å²) in [5, 5.41) is 1.90. The van der Waals surface area contributed by atoms with Crippen LogP contribution in [0.15, 0.2) is 115 Å². The zero-order valence-corrected chi connectivity index (χ0v) is 30.6. The van der Waals surface area contributed by atoms with Crippen LogP contribution in [0.2, 0.25) is 0 Å². The summed E-state index contributed by atoms with van der Waals surface area (Å²) in [6, 6.07) is 39.2. The van der Waals surface area contributed by atoms with Gasteiger partial charge in [0.05, 0.1) is 33.0 Å². The summed E-state index contributed by atoms with van der Waals surface area (Å²) in [6.45, 7) is 5.44. The Balaban J connectivity index is 1.33. The SMILES string of the molecule is CON(CCCc1ccc(N(CCCl)CCCl)cc1)C1O[C@@H](C)[C@@H](OCc2ccccc2)[C@@H](OCc2ccccc2)[C@@H]1OCc1ccccc1. The maximum atomic E-state index is 6.77. The molecule has 0 aromatic heterocycles. The summed E-state index contributed by atoms with van der Waals surface area (Å²) in [5.41, 5.74) is 5.60. The topological polar surface area (TPSA) is 52.6 Å². The number of hydrogen-bond donors (Lipinski definition) is 0. The molecule has 0 saturated carbocycles. The van der Waals surface area contributed by atoms with Crippen LogP contribution in [0.5, 0.6) is 0 Å². The number of ether oxygens (including phenoxy) is 4. The molecule has 0 spiro atoms. The molecular formula is C41H50Cl2N2O5. The van der Waals surface area contributed by atoms with Crippen molar-refractivity contribution in [1.29, 1.82) is 0 Å². The highest BCUT2D eigenvalue weighted by atomic mass is 35.5. The molecule has 4 aromatic rings. The first kappa shape index (κ1) is 38.3. The smallest absolute Gasteiger partial charge is 0.162 e. The molecule has 4 aromatic carbocycles. The van der Waals surface area contributed by atoms with Crippen molar-refractivity contribution in [2.24, 2.45) is 0 Å². The Hall–Kier alpha value is -2.98. The molecule has 0 N–H and O–H groups in total. The first-order valence-corrected chi connectivity index (χ1v) is 18.5. The predicted octanol–water partition coefficient (Wildman–Crippen LogP) is 8.27. The van der Waals surface area contributed by atoms with Gasteiger partial charge >= 0.3 is 0 Å². The highest BCUT2D eigenvalue weighted by Gasteiger charge is 2.49. The van der Waals surface area contributed by atoms with E-state index in [1.807, 2.05) is 66.6 Å². The maximum Gasteiger partial charge on any atom is 0.162 e. The Morgan fingerprint density at radius 1 is 0.580 bits per heavy atom. The first-order valence-electron chi connectivity index (χ1n) is 17.5. The number of hydrogen-bond acceptors (Lipinski definition) is 7. The lowest BCUT2D eigenvalue weighted by Crippen LogP contribution is -2.63. The van der Waals surface area contributed by atoms with E-state index in [1.54, 1.807) is 7.11 Å². The van der Waals surface area contributed by atoms with Crippen molar-refractivity contribution >= 4 is 28.9 Å². The van der Waals surface area contributed by atoms with E-state index in [0.29, 0.717) is 38.1 Å². The quantitative estimate of drug-likeness (QED) is 0.0673. The lowest BCUT2D eigenvalue weighted by Gasteiger charge is -2.48. The Bertz CT molecular complexity index is 1480. The average Bonchev–Trinajstić information content (AvgIpc) is 3.16. The van der Waals surface area contributed by atoms with Crippen LogP contribution in [0.3, 0.4) is 0 Å². The third kappa shape index (κ3) is 11.3. The van der Waals surface area contributed by atoms with E-state index < -0.39 is 18.4 Å². The molecular weight excluding hydrogens is 671 g/mol. The van der Waals surface area contributed by atoms with Gasteiger partial charge in [-0.05, 0) is 54.2 Å². The normalized spacial score (nSPS) is 20.6. The van der Waals surface area contributed by atoms with Crippen LogP contribution in [0.4, 0.5) is 5.69 Å². The number of aryl methyl sites for hydroxylation is 1. The zero-order valence-electron chi connectivity index (χ0n) is 29.1. The lowest BCUT2D eigenvalue weighted by atomic mass is 9.97. The fraction of sp³-hybridized carbons (Fsp3) is 0.415. The molecule has 5 rings (SSSR count). The highest BCUT2D eigenvalue weighted by Crippen LogP contribution is 2.32. The molecule has 9 heteroatoms. The van der Waals surface area contributed by atoms with Crippen molar-refractivity contribution < 1.29 is 23.8 Å². The van der Waals surface area contributed by atoms with Gasteiger partial charge in [0.15, 0.2) is 6.23 Å². The standard InChI is InChI=1S/C41H50Cl2N2O5/c1-32-38(47-29-34-13-6-3-7-14-34)39(48-30-35-15-8-4-9-16-35)40(49-31-36-17-10-5-11-18-36)41(50-32)45(46-2)26-12-19-33-20-22-37(23-21-33)44(27-24-42)28-25-43/h3-11,13-18,20-23,32,38-41H,12,19,24-31H2,1-2H3/t32-,38+,39+,40-,41?/m0/s1. The second-order valence-electron chi connectivity index (χ2n) is 12.5. The van der Waals surface area contributed by atoms with E-state index in [-0.39, 0.29) is 12.2 Å². The minimum Gasteiger partial charge on any atom is -0.369 e. The molecule has 0 aliphatic carbocycles. The number of alkyl halides is 2. The van der Waals surface area contributed by atoms with Crippen LogP contribution in [0.25, 0.3) is 0 Å². The van der Waals surface area contributed by atoms with Crippen LogP contribution >= 0.6 is 23.2 Å². The zero-order chi connectivity index (χ0) is 35.0. The van der Waals surface area contributed by atoms with Gasteiger partial charge < -0.3 is 23.8 Å². The van der Waals surface area contributed by atoms with Crippen molar-refractivity contribution in [3.05, 3.63) is 138 Å². The highest BCUT2D eigenvalue weighted by molar-refractivity contribution is 6.18. The molecule has 0 amide bonds. The minimum atomic E-state index is -0.530. The van der Waals surface area contributed by atoms with Gasteiger partial charge in [-0.1, -0.05) is 103 Å². The number of benzene rings is 4. The van der Waals surface area contributed by atoms with Crippen LogP contribution < -0.4 is 4.90 Å². The average molecular weight is 722 g/mol. The third-order valence-electron chi connectivity index (χ3n) is 8.97. The largest absolute Gasteiger partial charge is 0.369 e. The number of halogens is 2. The van der Waals surface area contributed by atoms with Crippen LogP contribution in [-0.4, -0.2) is 74.2 Å². The van der Waals surface area contributed by atoms with Gasteiger partial charge in [-0.15, -0.1) is 23.2 Å². The summed E-state index contributed by atoms with van der Waals surface area (Å²) in [6.07, 6.45) is -0.433. The first-order chi connectivity index (χ1) is 24.6. The van der Waals surface area contributed by atoms with Crippen molar-refractivity contribution in [3.63, 3.8) is 0 Å². The Kier molecular flexibility index (Phi) is 15.9. The van der Waals surface area contributed by atoms with Crippen molar-refractivity contribution in [1.82, 2.24) is 5.06 Å². The van der Waals surface area contributed by atoms with Crippen molar-refractivity contribution in [2.75, 3.05) is 43.4 Å². The van der Waals surface area contributed by atoms with Gasteiger partial charge in [-0.25, -0.2) is 0 Å². The van der Waals surface area contributed by atoms with Crippen LogP contribution in [-0.2, 0) is 50.0 Å². The fourth-order valence-electron chi connectivity index (χ4n) is 6.33. The van der Waals surface area contributed by atoms with E-state index in [0.717, 1.165) is 48.3 Å². The van der Waals surface area contributed by atoms with Gasteiger partial charge in [-0.3, -0.25) is 4.84 Å². The Labute approximate surface area is 307 Å². The molecule has 1 unspecified atom stereocenters. The summed E-state index contributed by atoms with van der Waals surface area (Å²) in [7, 11) is 1.69. The van der Waals surface area contributed by atoms with Crippen LogP contribution in [0.1, 0.15) is 35.6 Å². The monoisotopic (exact) mass is 720 g/mol. The van der Waals surface area contributed by atoms with Crippen molar-refractivity contribution in [3.8, 4) is 0 Å².